The molecule has 1 saturated carbocycles. The number of aliphatic hydroxyl groups excluding tert-OH is 7. The van der Waals surface area contributed by atoms with Crippen molar-refractivity contribution < 1.29 is 69.3 Å². The molecule has 18 N–H and O–H groups in total. The third-order valence-corrected chi connectivity index (χ3v) is 8.23. The highest BCUT2D eigenvalue weighted by molar-refractivity contribution is 5.02. The summed E-state index contributed by atoms with van der Waals surface area (Å²) in [6.07, 6.45) is -19.5. The molecule has 0 aromatic carbocycles. The molecule has 3 heterocycles. The summed E-state index contributed by atoms with van der Waals surface area (Å²) in [5.74, 6) is 0. The Labute approximate surface area is 240 Å². The van der Waals surface area contributed by atoms with E-state index in [-0.39, 0.29) is 19.4 Å². The summed E-state index contributed by atoms with van der Waals surface area (Å²) < 4.78 is 34.3. The minimum Gasteiger partial charge on any atom is -0.394 e. The van der Waals surface area contributed by atoms with Gasteiger partial charge in [-0.15, -0.1) is 0 Å². The summed E-state index contributed by atoms with van der Waals surface area (Å²) >= 11 is 0. The molecule has 18 atom stereocenters. The first-order valence-corrected chi connectivity index (χ1v) is 13.8. The van der Waals surface area contributed by atoms with E-state index in [1.807, 2.05) is 0 Å². The molecule has 3 aliphatic heterocycles. The van der Waals surface area contributed by atoms with Gasteiger partial charge < -0.3 is 92.2 Å². The zero-order valence-electron chi connectivity index (χ0n) is 22.8. The molecule has 0 aromatic rings. The van der Waals surface area contributed by atoms with Crippen molar-refractivity contribution in [3.05, 3.63) is 0 Å². The molecule has 3 saturated heterocycles. The van der Waals surface area contributed by atoms with Crippen LogP contribution in [0.3, 0.4) is 0 Å². The minimum absolute atomic E-state index is 0.0591. The SMILES string of the molecule is NC[C@@H]1O[C@H](O[C@H]2[C@@H](O)[C@H](O[C@@H]3[C@@H](O)[C@H](N)C[C@H](N)[C@H]3O[C@H]3O[C@H](CO)[C@@H](O)[C@H](O)[C@H]3N)O[C@@H]2CO)C(N)(O)C[C@@H]1O. The Morgan fingerprint density at radius 2 is 1.31 bits per heavy atom. The average molecular weight is 616 g/mol. The topological polar surface area (TPSA) is 347 Å². The van der Waals surface area contributed by atoms with Crippen molar-refractivity contribution in [1.82, 2.24) is 0 Å². The number of hydrogen-bond acceptors (Lipinski definition) is 19. The molecule has 42 heavy (non-hydrogen) atoms. The zero-order chi connectivity index (χ0) is 31.1. The van der Waals surface area contributed by atoms with Gasteiger partial charge in [0, 0.05) is 25.0 Å². The minimum atomic E-state index is -2.19. The first-order chi connectivity index (χ1) is 19.7. The molecule has 4 aliphatic rings. The fourth-order valence-corrected chi connectivity index (χ4v) is 5.71. The van der Waals surface area contributed by atoms with Crippen LogP contribution in [0.5, 0.6) is 0 Å². The number of ether oxygens (including phenoxy) is 6. The zero-order valence-corrected chi connectivity index (χ0v) is 22.8. The van der Waals surface area contributed by atoms with E-state index < -0.39 is 123 Å². The Morgan fingerprint density at radius 3 is 1.93 bits per heavy atom. The van der Waals surface area contributed by atoms with Crippen LogP contribution in [0, 0.1) is 0 Å². The van der Waals surface area contributed by atoms with Crippen molar-refractivity contribution in [2.24, 2.45) is 28.7 Å². The molecule has 0 bridgehead atoms. The number of nitrogens with two attached hydrogens (primary N) is 5. The molecule has 19 nitrogen and oxygen atoms in total. The van der Waals surface area contributed by atoms with Gasteiger partial charge in [-0.3, -0.25) is 5.73 Å². The highest BCUT2D eigenvalue weighted by atomic mass is 16.8. The van der Waals surface area contributed by atoms with Crippen LogP contribution in [0.15, 0.2) is 0 Å². The van der Waals surface area contributed by atoms with Gasteiger partial charge in [0.2, 0.25) is 6.29 Å². The number of rotatable bonds is 9. The van der Waals surface area contributed by atoms with E-state index in [2.05, 4.69) is 0 Å². The predicted octanol–water partition coefficient (Wildman–Crippen LogP) is -8.51. The van der Waals surface area contributed by atoms with E-state index in [4.69, 9.17) is 57.1 Å². The molecule has 19 heteroatoms. The second-order valence-corrected chi connectivity index (χ2v) is 11.4. The van der Waals surface area contributed by atoms with Crippen LogP contribution >= 0.6 is 0 Å². The van der Waals surface area contributed by atoms with Crippen LogP contribution in [0.4, 0.5) is 0 Å². The summed E-state index contributed by atoms with van der Waals surface area (Å²) in [6, 6.07) is -3.07. The molecule has 1 aliphatic carbocycles. The quantitative estimate of drug-likeness (QED) is 0.107. The lowest BCUT2D eigenvalue weighted by Crippen LogP contribution is -2.68. The molecule has 0 aromatic heterocycles. The van der Waals surface area contributed by atoms with Crippen LogP contribution in [0.1, 0.15) is 12.8 Å². The summed E-state index contributed by atoms with van der Waals surface area (Å²) in [6.45, 7) is -1.46. The van der Waals surface area contributed by atoms with Gasteiger partial charge in [-0.2, -0.15) is 0 Å². The van der Waals surface area contributed by atoms with E-state index in [1.54, 1.807) is 0 Å². The number of hydrogen-bond donors (Lipinski definition) is 13. The van der Waals surface area contributed by atoms with Gasteiger partial charge >= 0.3 is 0 Å². The van der Waals surface area contributed by atoms with Gasteiger partial charge in [0.05, 0.1) is 37.6 Å². The lowest BCUT2D eigenvalue weighted by molar-refractivity contribution is -0.321. The van der Waals surface area contributed by atoms with Crippen LogP contribution in [0.2, 0.25) is 0 Å². The van der Waals surface area contributed by atoms with Crippen molar-refractivity contribution in [2.75, 3.05) is 19.8 Å². The molecule has 0 spiro atoms. The predicted molar refractivity (Wildman–Crippen MR) is 136 cm³/mol. The van der Waals surface area contributed by atoms with Gasteiger partial charge in [-0.1, -0.05) is 0 Å². The molecule has 246 valence electrons. The largest absolute Gasteiger partial charge is 0.394 e. The van der Waals surface area contributed by atoms with Gasteiger partial charge in [0.25, 0.3) is 0 Å². The monoisotopic (exact) mass is 615 g/mol. The summed E-state index contributed by atoms with van der Waals surface area (Å²) in [4.78, 5) is 0. The van der Waals surface area contributed by atoms with Gasteiger partial charge in [-0.25, -0.2) is 0 Å². The number of aliphatic hydroxyl groups is 8. The molecular formula is C23H45N5O14. The second-order valence-electron chi connectivity index (χ2n) is 11.4. The average Bonchev–Trinajstić information content (AvgIpc) is 3.23. The maximum Gasteiger partial charge on any atom is 0.201 e. The Hall–Kier alpha value is -0.760. The van der Waals surface area contributed by atoms with E-state index in [9.17, 15) is 40.9 Å². The van der Waals surface area contributed by atoms with E-state index in [0.29, 0.717) is 0 Å². The van der Waals surface area contributed by atoms with Crippen LogP contribution < -0.4 is 28.7 Å². The Bertz CT molecular complexity index is 879. The summed E-state index contributed by atoms with van der Waals surface area (Å²) in [5, 5.41) is 82.6. The third kappa shape index (κ3) is 6.74. The Morgan fingerprint density at radius 1 is 0.690 bits per heavy atom. The Kier molecular flexibility index (Phi) is 11.1. The van der Waals surface area contributed by atoms with E-state index >= 15 is 0 Å². The van der Waals surface area contributed by atoms with Crippen LogP contribution in [0.25, 0.3) is 0 Å². The van der Waals surface area contributed by atoms with E-state index in [0.717, 1.165) is 0 Å². The maximum atomic E-state index is 11.1. The molecular weight excluding hydrogens is 570 g/mol. The van der Waals surface area contributed by atoms with Gasteiger partial charge in [-0.05, 0) is 6.42 Å². The van der Waals surface area contributed by atoms with Crippen molar-refractivity contribution in [2.45, 2.75) is 123 Å². The van der Waals surface area contributed by atoms with E-state index in [1.165, 1.54) is 0 Å². The highest BCUT2D eigenvalue weighted by Crippen LogP contribution is 2.35. The normalized spacial score (nSPS) is 53.8. The maximum absolute atomic E-state index is 11.1. The third-order valence-electron chi connectivity index (χ3n) is 8.23. The van der Waals surface area contributed by atoms with Gasteiger partial charge in [0.1, 0.15) is 48.8 Å². The standard InChI is InChI=1S/C23H45N5O14/c24-3-9-8(31)2-23(28,36)22(39-9)42-18-11(5-30)38-21(16(18)35)41-19-13(32)6(25)1-7(26)17(19)40-20-12(27)15(34)14(33)10(4-29)37-20/h6-22,29-36H,1-5,24-28H2/t6-,7+,8+,9+,10-,11-,12-,13+,14-,15-,16-,17-,18-,19-,20-,21+,22-,23?/m1/s1. The lowest BCUT2D eigenvalue weighted by Gasteiger charge is -2.47. The summed E-state index contributed by atoms with van der Waals surface area (Å²) in [7, 11) is 0. The Balaban J connectivity index is 1.50. The van der Waals surface area contributed by atoms with Crippen molar-refractivity contribution >= 4 is 0 Å². The first-order valence-electron chi connectivity index (χ1n) is 13.8. The lowest BCUT2D eigenvalue weighted by atomic mass is 9.84. The molecule has 4 fully saturated rings. The fraction of sp³-hybridized carbons (Fsp3) is 1.00. The summed E-state index contributed by atoms with van der Waals surface area (Å²) in [5.41, 5.74) is 27.6. The molecule has 0 amide bonds. The molecule has 0 radical (unpaired) electrons. The van der Waals surface area contributed by atoms with Crippen LogP contribution in [-0.2, 0) is 28.4 Å². The first kappa shape index (κ1) is 34.1. The molecule has 4 rings (SSSR count). The smallest absolute Gasteiger partial charge is 0.201 e. The highest BCUT2D eigenvalue weighted by Gasteiger charge is 2.55. The second kappa shape index (κ2) is 13.7. The van der Waals surface area contributed by atoms with Crippen molar-refractivity contribution in [1.29, 1.82) is 0 Å². The molecule has 1 unspecified atom stereocenters. The van der Waals surface area contributed by atoms with Crippen molar-refractivity contribution in [3.8, 4) is 0 Å². The van der Waals surface area contributed by atoms with Gasteiger partial charge in [0.15, 0.2) is 18.3 Å². The van der Waals surface area contributed by atoms with Crippen molar-refractivity contribution in [3.63, 3.8) is 0 Å². The van der Waals surface area contributed by atoms with Crippen LogP contribution in [-0.4, -0.2) is 170 Å². The fourth-order valence-electron chi connectivity index (χ4n) is 5.71.